The normalized spacial score (nSPS) is 14.5. The van der Waals surface area contributed by atoms with Crippen LogP contribution in [-0.4, -0.2) is 14.3 Å². The predicted octanol–water partition coefficient (Wildman–Crippen LogP) is 6.58. The van der Waals surface area contributed by atoms with Crippen molar-refractivity contribution in [2.45, 2.75) is 90.5 Å². The van der Waals surface area contributed by atoms with Gasteiger partial charge in [-0.15, -0.1) is 5.54 Å². The minimum absolute atomic E-state index is 0.131. The smallest absolute Gasteiger partial charge is 0.170 e. The van der Waals surface area contributed by atoms with E-state index in [9.17, 15) is 13.2 Å². The molecule has 0 aromatic heterocycles. The van der Waals surface area contributed by atoms with E-state index in [-0.39, 0.29) is 6.42 Å². The Morgan fingerprint density at radius 3 is 1.62 bits per heavy atom. The summed E-state index contributed by atoms with van der Waals surface area (Å²) in [4.78, 5) is 0. The third-order valence-electron chi connectivity index (χ3n) is 4.57. The molecule has 0 fully saturated rings. The van der Waals surface area contributed by atoms with Crippen LogP contribution in [0.3, 0.4) is 0 Å². The van der Waals surface area contributed by atoms with Gasteiger partial charge in [0.05, 0.1) is 0 Å². The van der Waals surface area contributed by atoms with E-state index in [1.165, 1.54) is 0 Å². The minimum atomic E-state index is -4.20. The van der Waals surface area contributed by atoms with Crippen LogP contribution in [0, 0.1) is 17.4 Å². The fourth-order valence-corrected chi connectivity index (χ4v) is 8.66. The lowest BCUT2D eigenvalue weighted by molar-refractivity contribution is -0.160. The first-order valence-corrected chi connectivity index (χ1v) is 10.3. The van der Waals surface area contributed by atoms with Crippen molar-refractivity contribution in [3.8, 4) is 11.5 Å². The molecule has 0 aromatic rings. The first kappa shape index (κ1) is 20.6. The maximum Gasteiger partial charge on any atom is 0.402 e. The van der Waals surface area contributed by atoms with Crippen molar-refractivity contribution in [2.75, 3.05) is 0 Å². The average molecular weight is 321 g/mol. The van der Waals surface area contributed by atoms with Crippen LogP contribution in [-0.2, 0) is 0 Å². The van der Waals surface area contributed by atoms with Crippen molar-refractivity contribution in [2.24, 2.45) is 5.92 Å². The van der Waals surface area contributed by atoms with E-state index in [1.807, 2.05) is 6.92 Å². The minimum Gasteiger partial charge on any atom is -0.170 e. The summed E-state index contributed by atoms with van der Waals surface area (Å²) in [5.74, 6) is 1.21. The van der Waals surface area contributed by atoms with E-state index >= 15 is 0 Å². The molecule has 4 heteroatoms. The Balaban J connectivity index is 5.59. The molecule has 1 atom stereocenters. The van der Waals surface area contributed by atoms with Crippen LogP contribution in [0.25, 0.3) is 0 Å². The van der Waals surface area contributed by atoms with Crippen LogP contribution in [0.5, 0.6) is 0 Å². The molecule has 0 aromatic carbocycles. The molecule has 0 amide bonds. The Bertz CT molecular complexity index is 337. The summed E-state index contributed by atoms with van der Waals surface area (Å²) in [6.07, 6.45) is -2.72. The predicted molar refractivity (Wildman–Crippen MR) is 87.9 cm³/mol. The number of unbranched alkanes of at least 4 members (excludes halogenated alkanes) is 1. The third kappa shape index (κ3) is 5.36. The SMILES string of the molecule is CCCC[C@H](C#C[Si](C(C)C)(C(C)C)C(C)C)C(F)(F)F. The first-order chi connectivity index (χ1) is 9.50. The van der Waals surface area contributed by atoms with Gasteiger partial charge in [-0.3, -0.25) is 0 Å². The molecule has 124 valence electrons. The topological polar surface area (TPSA) is 0 Å². The number of alkyl halides is 3. The molecule has 21 heavy (non-hydrogen) atoms. The maximum atomic E-state index is 13.1. The van der Waals surface area contributed by atoms with E-state index in [2.05, 4.69) is 53.0 Å². The average Bonchev–Trinajstić information content (AvgIpc) is 2.30. The van der Waals surface area contributed by atoms with Gasteiger partial charge in [0, 0.05) is 0 Å². The molecule has 0 N–H and O–H groups in total. The molecule has 0 aliphatic rings. The molecule has 0 saturated heterocycles. The van der Waals surface area contributed by atoms with Crippen molar-refractivity contribution in [3.05, 3.63) is 0 Å². The van der Waals surface area contributed by atoms with Crippen LogP contribution < -0.4 is 0 Å². The molecule has 0 unspecified atom stereocenters. The zero-order valence-electron chi connectivity index (χ0n) is 14.6. The van der Waals surface area contributed by atoms with Crippen molar-refractivity contribution in [1.29, 1.82) is 0 Å². The van der Waals surface area contributed by atoms with Crippen LogP contribution >= 0.6 is 0 Å². The Labute approximate surface area is 129 Å². The molecule has 0 radical (unpaired) electrons. The third-order valence-corrected chi connectivity index (χ3v) is 10.9. The fourth-order valence-electron chi connectivity index (χ4n) is 3.37. The van der Waals surface area contributed by atoms with E-state index in [0.717, 1.165) is 6.42 Å². The van der Waals surface area contributed by atoms with E-state index in [1.54, 1.807) is 0 Å². The monoisotopic (exact) mass is 320 g/mol. The van der Waals surface area contributed by atoms with Crippen LogP contribution in [0.1, 0.15) is 67.7 Å². The highest BCUT2D eigenvalue weighted by atomic mass is 28.3. The van der Waals surface area contributed by atoms with Gasteiger partial charge < -0.3 is 0 Å². The zero-order valence-corrected chi connectivity index (χ0v) is 15.6. The van der Waals surface area contributed by atoms with Crippen molar-refractivity contribution < 1.29 is 13.2 Å². The molecule has 0 aliphatic heterocycles. The van der Waals surface area contributed by atoms with Crippen molar-refractivity contribution in [3.63, 3.8) is 0 Å². The first-order valence-electron chi connectivity index (χ1n) is 8.09. The summed E-state index contributed by atoms with van der Waals surface area (Å²) in [5, 5.41) is 0. The molecule has 0 bridgehead atoms. The van der Waals surface area contributed by atoms with E-state index in [4.69, 9.17) is 0 Å². The molecule has 0 spiro atoms. The number of rotatable bonds is 6. The van der Waals surface area contributed by atoms with Gasteiger partial charge in [-0.1, -0.05) is 67.2 Å². The van der Waals surface area contributed by atoms with Crippen molar-refractivity contribution >= 4 is 8.07 Å². The number of halogens is 3. The Morgan fingerprint density at radius 2 is 1.33 bits per heavy atom. The van der Waals surface area contributed by atoms with Gasteiger partial charge in [0.25, 0.3) is 0 Å². The molecule has 0 rings (SSSR count). The quantitative estimate of drug-likeness (QED) is 0.383. The van der Waals surface area contributed by atoms with Gasteiger partial charge in [-0.05, 0) is 23.0 Å². The van der Waals surface area contributed by atoms with Gasteiger partial charge in [0.2, 0.25) is 0 Å². The van der Waals surface area contributed by atoms with Crippen LogP contribution in [0.15, 0.2) is 0 Å². The Kier molecular flexibility index (Phi) is 8.10. The zero-order chi connectivity index (χ0) is 16.8. The molecular weight excluding hydrogens is 289 g/mol. The van der Waals surface area contributed by atoms with Gasteiger partial charge in [-0.2, -0.15) is 13.2 Å². The second-order valence-corrected chi connectivity index (χ2v) is 12.5. The van der Waals surface area contributed by atoms with Gasteiger partial charge in [0.1, 0.15) is 14.0 Å². The van der Waals surface area contributed by atoms with Crippen LogP contribution in [0.4, 0.5) is 13.2 Å². The van der Waals surface area contributed by atoms with Gasteiger partial charge >= 0.3 is 6.18 Å². The highest BCUT2D eigenvalue weighted by Gasteiger charge is 2.43. The summed E-state index contributed by atoms with van der Waals surface area (Å²) < 4.78 is 39.4. The summed E-state index contributed by atoms with van der Waals surface area (Å²) in [6.45, 7) is 14.6. The Morgan fingerprint density at radius 1 is 0.905 bits per heavy atom. The van der Waals surface area contributed by atoms with E-state index < -0.39 is 20.2 Å². The highest BCUT2D eigenvalue weighted by molar-refractivity contribution is 6.90. The van der Waals surface area contributed by atoms with E-state index in [0.29, 0.717) is 23.0 Å². The van der Waals surface area contributed by atoms with Gasteiger partial charge in [-0.25, -0.2) is 0 Å². The second kappa shape index (κ2) is 8.27. The number of hydrogen-bond acceptors (Lipinski definition) is 0. The van der Waals surface area contributed by atoms with Crippen LogP contribution in [0.2, 0.25) is 16.6 Å². The molecule has 0 saturated carbocycles. The molecule has 0 nitrogen and oxygen atoms in total. The molecule has 0 heterocycles. The lowest BCUT2D eigenvalue weighted by Gasteiger charge is -2.38. The summed E-state index contributed by atoms with van der Waals surface area (Å²) in [6, 6.07) is 0. The highest BCUT2D eigenvalue weighted by Crippen LogP contribution is 2.41. The summed E-state index contributed by atoms with van der Waals surface area (Å²) in [7, 11) is -2.07. The maximum absolute atomic E-state index is 13.1. The standard InChI is InChI=1S/C17H31F3Si/c1-8-9-10-16(17(18,19)20)11-12-21(13(2)3,14(4)5)15(6)7/h13-16H,8-10H2,1-7H3/t16-/m1/s1. The number of hydrogen-bond donors (Lipinski definition) is 0. The van der Waals surface area contributed by atoms with Gasteiger partial charge in [0.15, 0.2) is 0 Å². The second-order valence-electron chi connectivity index (χ2n) is 6.90. The van der Waals surface area contributed by atoms with Crippen molar-refractivity contribution in [1.82, 2.24) is 0 Å². The largest absolute Gasteiger partial charge is 0.402 e. The lowest BCUT2D eigenvalue weighted by atomic mass is 10.0. The lowest BCUT2D eigenvalue weighted by Crippen LogP contribution is -2.43. The fraction of sp³-hybridized carbons (Fsp3) is 0.882. The Hall–Kier alpha value is -0.433. The summed E-state index contributed by atoms with van der Waals surface area (Å²) in [5.41, 5.74) is 4.31. The summed E-state index contributed by atoms with van der Waals surface area (Å²) >= 11 is 0. The molecule has 0 aliphatic carbocycles. The molecular formula is C17H31F3Si.